The van der Waals surface area contributed by atoms with Gasteiger partial charge in [-0.05, 0) is 36.8 Å². The molecule has 1 heterocycles. The second-order valence-corrected chi connectivity index (χ2v) is 5.07. The first-order valence-electron chi connectivity index (χ1n) is 8.00. The molecule has 1 aromatic heterocycles. The van der Waals surface area contributed by atoms with Crippen molar-refractivity contribution in [3.8, 4) is 11.5 Å². The number of benzene rings is 1. The zero-order chi connectivity index (χ0) is 17.0. The number of aliphatic imine (C=N–C) groups is 1. The highest BCUT2D eigenvalue weighted by atomic mass is 127. The number of methoxy groups -OCH3 is 1. The van der Waals surface area contributed by atoms with Crippen molar-refractivity contribution in [1.82, 2.24) is 20.4 Å². The first kappa shape index (κ1) is 21.1. The Bertz CT molecular complexity index is 602. The molecule has 1 aromatic carbocycles. The topological polar surface area (TPSA) is 72.7 Å². The fraction of sp³-hybridized carbons (Fsp3) is 0.412. The summed E-state index contributed by atoms with van der Waals surface area (Å²) >= 11 is 0. The minimum absolute atomic E-state index is 0. The molecule has 7 nitrogen and oxygen atoms in total. The van der Waals surface area contributed by atoms with Crippen LogP contribution in [-0.2, 0) is 6.54 Å². The van der Waals surface area contributed by atoms with Gasteiger partial charge in [-0.25, -0.2) is 0 Å². The molecule has 2 rings (SSSR count). The molecule has 2 N–H and O–H groups in total. The van der Waals surface area contributed by atoms with E-state index in [-0.39, 0.29) is 24.0 Å². The fourth-order valence-electron chi connectivity index (χ4n) is 2.11. The van der Waals surface area contributed by atoms with Crippen molar-refractivity contribution in [3.05, 3.63) is 42.7 Å². The SMILES string of the molecule is CN=C(NCCCn1cccn1)NCCOc1ccc(OC)cc1.I. The number of aromatic nitrogens is 2. The van der Waals surface area contributed by atoms with Gasteiger partial charge in [-0.15, -0.1) is 24.0 Å². The maximum atomic E-state index is 5.66. The largest absolute Gasteiger partial charge is 0.497 e. The fourth-order valence-corrected chi connectivity index (χ4v) is 2.11. The van der Waals surface area contributed by atoms with E-state index >= 15 is 0 Å². The highest BCUT2D eigenvalue weighted by Crippen LogP contribution is 2.16. The monoisotopic (exact) mass is 459 g/mol. The summed E-state index contributed by atoms with van der Waals surface area (Å²) in [5.74, 6) is 2.41. The predicted octanol–water partition coefficient (Wildman–Crippen LogP) is 2.14. The molecule has 0 unspecified atom stereocenters. The Kier molecular flexibility index (Phi) is 10.5. The quantitative estimate of drug-likeness (QED) is 0.260. The van der Waals surface area contributed by atoms with E-state index in [4.69, 9.17) is 9.47 Å². The van der Waals surface area contributed by atoms with Gasteiger partial charge in [0.2, 0.25) is 0 Å². The van der Waals surface area contributed by atoms with Crippen molar-refractivity contribution < 1.29 is 9.47 Å². The van der Waals surface area contributed by atoms with Gasteiger partial charge < -0.3 is 20.1 Å². The molecule has 2 aromatic rings. The number of ether oxygens (including phenoxy) is 2. The van der Waals surface area contributed by atoms with E-state index in [0.717, 1.165) is 37.0 Å². The van der Waals surface area contributed by atoms with Gasteiger partial charge in [0.05, 0.1) is 13.7 Å². The maximum absolute atomic E-state index is 5.66. The van der Waals surface area contributed by atoms with Crippen LogP contribution in [0, 0.1) is 0 Å². The molecule has 8 heteroatoms. The van der Waals surface area contributed by atoms with Gasteiger partial charge in [0.1, 0.15) is 18.1 Å². The van der Waals surface area contributed by atoms with Crippen LogP contribution >= 0.6 is 24.0 Å². The molecule has 0 saturated carbocycles. The number of nitrogens with zero attached hydrogens (tertiary/aromatic N) is 3. The summed E-state index contributed by atoms with van der Waals surface area (Å²) in [4.78, 5) is 4.19. The van der Waals surface area contributed by atoms with Gasteiger partial charge >= 0.3 is 0 Å². The van der Waals surface area contributed by atoms with Gasteiger partial charge in [-0.2, -0.15) is 5.10 Å². The second-order valence-electron chi connectivity index (χ2n) is 5.07. The van der Waals surface area contributed by atoms with Crippen molar-refractivity contribution in [3.63, 3.8) is 0 Å². The van der Waals surface area contributed by atoms with E-state index in [9.17, 15) is 0 Å². The van der Waals surface area contributed by atoms with E-state index in [1.54, 1.807) is 20.4 Å². The smallest absolute Gasteiger partial charge is 0.191 e. The normalized spacial score (nSPS) is 10.7. The number of aryl methyl sites for hydroxylation is 1. The number of halogens is 1. The third-order valence-corrected chi connectivity index (χ3v) is 3.36. The van der Waals surface area contributed by atoms with Crippen LogP contribution in [0.2, 0.25) is 0 Å². The number of hydrogen-bond donors (Lipinski definition) is 2. The van der Waals surface area contributed by atoms with Gasteiger partial charge in [-0.1, -0.05) is 0 Å². The molecule has 0 amide bonds. The summed E-state index contributed by atoms with van der Waals surface area (Å²) in [5.41, 5.74) is 0. The lowest BCUT2D eigenvalue weighted by atomic mass is 10.3. The Labute approximate surface area is 165 Å². The summed E-state index contributed by atoms with van der Waals surface area (Å²) < 4.78 is 12.7. The Balaban J connectivity index is 0.00000312. The van der Waals surface area contributed by atoms with Gasteiger partial charge in [0.15, 0.2) is 5.96 Å². The number of rotatable bonds is 9. The van der Waals surface area contributed by atoms with Gasteiger partial charge in [0, 0.05) is 32.5 Å². The van der Waals surface area contributed by atoms with Crippen LogP contribution in [0.15, 0.2) is 47.7 Å². The van der Waals surface area contributed by atoms with E-state index in [2.05, 4.69) is 20.7 Å². The predicted molar refractivity (Wildman–Crippen MR) is 110 cm³/mol. The minimum Gasteiger partial charge on any atom is -0.497 e. The van der Waals surface area contributed by atoms with Crippen molar-refractivity contribution >= 4 is 29.9 Å². The molecule has 138 valence electrons. The summed E-state index contributed by atoms with van der Waals surface area (Å²) in [6, 6.07) is 9.46. The lowest BCUT2D eigenvalue weighted by Crippen LogP contribution is -2.39. The second kappa shape index (κ2) is 12.4. The van der Waals surface area contributed by atoms with E-state index < -0.39 is 0 Å². The summed E-state index contributed by atoms with van der Waals surface area (Å²) in [7, 11) is 3.40. The molecule has 0 atom stereocenters. The zero-order valence-electron chi connectivity index (χ0n) is 14.6. The molecule has 0 spiro atoms. The van der Waals surface area contributed by atoms with Crippen LogP contribution < -0.4 is 20.1 Å². The maximum Gasteiger partial charge on any atom is 0.191 e. The van der Waals surface area contributed by atoms with E-state index in [1.807, 2.05) is 41.2 Å². The minimum atomic E-state index is 0. The standard InChI is InChI=1S/C17H25N5O2.HI/c1-18-17(19-9-3-12-22-13-4-10-21-22)20-11-14-24-16-7-5-15(23-2)6-8-16;/h4-8,10,13H,3,9,11-12,14H2,1-2H3,(H2,18,19,20);1H. The first-order valence-corrected chi connectivity index (χ1v) is 8.00. The molecular formula is C17H26IN5O2. The first-order chi connectivity index (χ1) is 11.8. The third kappa shape index (κ3) is 8.10. The lowest BCUT2D eigenvalue weighted by molar-refractivity contribution is 0.321. The molecular weight excluding hydrogens is 433 g/mol. The summed E-state index contributed by atoms with van der Waals surface area (Å²) in [6.45, 7) is 2.95. The van der Waals surface area contributed by atoms with Crippen LogP contribution in [0.5, 0.6) is 11.5 Å². The molecule has 0 aliphatic carbocycles. The van der Waals surface area contributed by atoms with E-state index in [0.29, 0.717) is 13.2 Å². The lowest BCUT2D eigenvalue weighted by Gasteiger charge is -2.12. The summed E-state index contributed by atoms with van der Waals surface area (Å²) in [6.07, 6.45) is 4.73. The van der Waals surface area contributed by atoms with Crippen molar-refractivity contribution in [2.75, 3.05) is 33.9 Å². The van der Waals surface area contributed by atoms with Gasteiger partial charge in [-0.3, -0.25) is 9.67 Å². The molecule has 0 radical (unpaired) electrons. The van der Waals surface area contributed by atoms with Crippen LogP contribution in [0.25, 0.3) is 0 Å². The molecule has 0 fully saturated rings. The number of guanidine groups is 1. The molecule has 0 aliphatic rings. The van der Waals surface area contributed by atoms with Crippen LogP contribution in [0.3, 0.4) is 0 Å². The molecule has 0 saturated heterocycles. The summed E-state index contributed by atoms with van der Waals surface area (Å²) in [5, 5.41) is 10.7. The van der Waals surface area contributed by atoms with Crippen molar-refractivity contribution in [2.24, 2.45) is 4.99 Å². The Morgan fingerprint density at radius 2 is 1.88 bits per heavy atom. The van der Waals surface area contributed by atoms with Crippen molar-refractivity contribution in [2.45, 2.75) is 13.0 Å². The zero-order valence-corrected chi connectivity index (χ0v) is 17.0. The molecule has 0 bridgehead atoms. The Morgan fingerprint density at radius 3 is 2.52 bits per heavy atom. The van der Waals surface area contributed by atoms with Crippen LogP contribution in [0.4, 0.5) is 0 Å². The average Bonchev–Trinajstić information content (AvgIpc) is 3.14. The van der Waals surface area contributed by atoms with Crippen LogP contribution in [-0.4, -0.2) is 49.6 Å². The van der Waals surface area contributed by atoms with Crippen LogP contribution in [0.1, 0.15) is 6.42 Å². The van der Waals surface area contributed by atoms with E-state index in [1.165, 1.54) is 0 Å². The average molecular weight is 459 g/mol. The van der Waals surface area contributed by atoms with Gasteiger partial charge in [0.25, 0.3) is 0 Å². The highest BCUT2D eigenvalue weighted by Gasteiger charge is 1.99. The third-order valence-electron chi connectivity index (χ3n) is 3.36. The highest BCUT2D eigenvalue weighted by molar-refractivity contribution is 14.0. The number of hydrogen-bond acceptors (Lipinski definition) is 4. The molecule has 25 heavy (non-hydrogen) atoms. The Hall–Kier alpha value is -1.97. The number of nitrogens with one attached hydrogen (secondary N) is 2. The molecule has 0 aliphatic heterocycles. The van der Waals surface area contributed by atoms with Crippen molar-refractivity contribution in [1.29, 1.82) is 0 Å². The Morgan fingerprint density at radius 1 is 1.16 bits per heavy atom.